The largest absolute Gasteiger partial charge is 0.376 e. The second kappa shape index (κ2) is 5.32. The lowest BCUT2D eigenvalue weighted by Gasteiger charge is -2.51. The molecule has 1 aliphatic carbocycles. The molecule has 108 valence electrons. The van der Waals surface area contributed by atoms with Gasteiger partial charge < -0.3 is 5.11 Å². The van der Waals surface area contributed by atoms with Gasteiger partial charge in [0.2, 0.25) is 0 Å². The predicted octanol–water partition coefficient (Wildman–Crippen LogP) is 2.97. The van der Waals surface area contributed by atoms with Crippen molar-refractivity contribution in [3.8, 4) is 0 Å². The number of benzene rings is 1. The highest BCUT2D eigenvalue weighted by Crippen LogP contribution is 2.46. The molecule has 0 amide bonds. The van der Waals surface area contributed by atoms with E-state index in [1.165, 1.54) is 0 Å². The molecule has 1 aromatic carbocycles. The van der Waals surface area contributed by atoms with Crippen LogP contribution < -0.4 is 0 Å². The number of fused-ring (bicyclic) bond motifs is 1. The summed E-state index contributed by atoms with van der Waals surface area (Å²) in [6.45, 7) is 5.68. The van der Waals surface area contributed by atoms with Crippen LogP contribution in [-0.2, 0) is 11.4 Å². The average Bonchev–Trinajstić information content (AvgIpc) is 2.44. The average molecular weight is 273 g/mol. The van der Waals surface area contributed by atoms with E-state index in [1.54, 1.807) is 5.06 Å². The van der Waals surface area contributed by atoms with Gasteiger partial charge >= 0.3 is 0 Å². The Hall–Kier alpha value is -1.16. The summed E-state index contributed by atoms with van der Waals surface area (Å²) < 4.78 is 0. The fourth-order valence-corrected chi connectivity index (χ4v) is 3.47. The van der Waals surface area contributed by atoms with Gasteiger partial charge in [0.1, 0.15) is 6.23 Å². The van der Waals surface area contributed by atoms with Crippen LogP contribution in [0, 0.1) is 17.3 Å². The van der Waals surface area contributed by atoms with E-state index in [4.69, 9.17) is 4.84 Å². The molecule has 3 nitrogen and oxygen atoms in total. The summed E-state index contributed by atoms with van der Waals surface area (Å²) in [6.07, 6.45) is 4.91. The third kappa shape index (κ3) is 2.41. The van der Waals surface area contributed by atoms with Crippen LogP contribution in [0.5, 0.6) is 0 Å². The van der Waals surface area contributed by atoms with Crippen molar-refractivity contribution >= 4 is 0 Å². The molecular weight excluding hydrogens is 250 g/mol. The number of hydrogen-bond donors (Lipinski definition) is 1. The Kier molecular flexibility index (Phi) is 3.67. The topological polar surface area (TPSA) is 32.7 Å². The quantitative estimate of drug-likeness (QED) is 0.841. The minimum absolute atomic E-state index is 0.124. The summed E-state index contributed by atoms with van der Waals surface area (Å²) in [7, 11) is 0. The molecule has 0 bridgehead atoms. The number of aliphatic hydroxyl groups is 1. The zero-order valence-corrected chi connectivity index (χ0v) is 12.2. The van der Waals surface area contributed by atoms with Crippen LogP contribution in [0.4, 0.5) is 0 Å². The lowest BCUT2D eigenvalue weighted by Crippen LogP contribution is -2.56. The van der Waals surface area contributed by atoms with Crippen molar-refractivity contribution in [2.24, 2.45) is 17.3 Å². The Bertz CT molecular complexity index is 487. The number of nitrogens with zero attached hydrogens (tertiary/aromatic N) is 1. The zero-order valence-electron chi connectivity index (χ0n) is 12.2. The monoisotopic (exact) mass is 273 g/mol. The molecule has 0 radical (unpaired) electrons. The van der Waals surface area contributed by atoms with Crippen molar-refractivity contribution in [1.82, 2.24) is 5.06 Å². The molecule has 20 heavy (non-hydrogen) atoms. The van der Waals surface area contributed by atoms with Gasteiger partial charge in [0.25, 0.3) is 0 Å². The van der Waals surface area contributed by atoms with Crippen molar-refractivity contribution < 1.29 is 9.94 Å². The second-order valence-electron chi connectivity index (χ2n) is 6.41. The molecule has 1 heterocycles. The molecule has 1 N–H and O–H groups in total. The standard InChI is InChI=1S/C17H23NO2/c1-13-8-9-15-12-20-18(16(19)17(15,2)10-13)11-14-6-4-3-5-7-14/h3-9,13,15-16,19H,10-12H2,1-2H3/t13-,15-,16?,17-/m0/s1. The van der Waals surface area contributed by atoms with Crippen molar-refractivity contribution in [2.45, 2.75) is 33.0 Å². The van der Waals surface area contributed by atoms with Crippen LogP contribution in [0.1, 0.15) is 25.8 Å². The molecule has 4 atom stereocenters. The Balaban J connectivity index is 1.78. The van der Waals surface area contributed by atoms with Crippen molar-refractivity contribution in [3.63, 3.8) is 0 Å². The summed E-state index contributed by atoms with van der Waals surface area (Å²) in [6, 6.07) is 10.2. The van der Waals surface area contributed by atoms with E-state index >= 15 is 0 Å². The minimum atomic E-state index is -0.561. The summed E-state index contributed by atoms with van der Waals surface area (Å²) in [5, 5.41) is 12.5. The Morgan fingerprint density at radius 3 is 2.80 bits per heavy atom. The Morgan fingerprint density at radius 2 is 2.05 bits per heavy atom. The highest BCUT2D eigenvalue weighted by atomic mass is 16.7. The van der Waals surface area contributed by atoms with E-state index < -0.39 is 6.23 Å². The molecular formula is C17H23NO2. The second-order valence-corrected chi connectivity index (χ2v) is 6.41. The molecule has 3 heteroatoms. The lowest BCUT2D eigenvalue weighted by molar-refractivity contribution is -0.326. The highest BCUT2D eigenvalue weighted by molar-refractivity contribution is 5.15. The normalized spacial score (nSPS) is 37.6. The summed E-state index contributed by atoms with van der Waals surface area (Å²) >= 11 is 0. The van der Waals surface area contributed by atoms with Crippen LogP contribution >= 0.6 is 0 Å². The Labute approximate surface area is 120 Å². The van der Waals surface area contributed by atoms with Gasteiger partial charge in [0, 0.05) is 11.3 Å². The van der Waals surface area contributed by atoms with Gasteiger partial charge in [-0.15, -0.1) is 0 Å². The first-order valence-electron chi connectivity index (χ1n) is 7.39. The van der Waals surface area contributed by atoms with Gasteiger partial charge in [-0.3, -0.25) is 4.84 Å². The van der Waals surface area contributed by atoms with Crippen LogP contribution in [0.15, 0.2) is 42.5 Å². The van der Waals surface area contributed by atoms with Gasteiger partial charge in [-0.2, -0.15) is 5.06 Å². The van der Waals surface area contributed by atoms with Gasteiger partial charge in [-0.05, 0) is 17.9 Å². The molecule has 1 fully saturated rings. The Morgan fingerprint density at radius 1 is 1.30 bits per heavy atom. The van der Waals surface area contributed by atoms with Gasteiger partial charge in [-0.1, -0.05) is 56.3 Å². The molecule has 2 aliphatic rings. The molecule has 0 saturated carbocycles. The minimum Gasteiger partial charge on any atom is -0.376 e. The maximum atomic E-state index is 10.8. The third-order valence-electron chi connectivity index (χ3n) is 4.74. The smallest absolute Gasteiger partial charge is 0.136 e. The van der Waals surface area contributed by atoms with E-state index in [9.17, 15) is 5.11 Å². The first-order chi connectivity index (χ1) is 9.59. The van der Waals surface area contributed by atoms with E-state index in [0.29, 0.717) is 25.0 Å². The van der Waals surface area contributed by atoms with Gasteiger partial charge in [-0.25, -0.2) is 0 Å². The molecule has 0 aromatic heterocycles. The van der Waals surface area contributed by atoms with Crippen molar-refractivity contribution in [3.05, 3.63) is 48.0 Å². The van der Waals surface area contributed by atoms with Crippen molar-refractivity contribution in [1.29, 1.82) is 0 Å². The number of aliphatic hydroxyl groups excluding tert-OH is 1. The fourth-order valence-electron chi connectivity index (χ4n) is 3.47. The number of hydroxylamine groups is 2. The maximum absolute atomic E-state index is 10.8. The zero-order chi connectivity index (χ0) is 14.2. The van der Waals surface area contributed by atoms with Crippen molar-refractivity contribution in [2.75, 3.05) is 6.61 Å². The summed E-state index contributed by atoms with van der Waals surface area (Å²) in [4.78, 5) is 5.80. The number of allylic oxidation sites excluding steroid dienone is 1. The van der Waals surface area contributed by atoms with Gasteiger partial charge in [0.15, 0.2) is 0 Å². The molecule has 3 rings (SSSR count). The third-order valence-corrected chi connectivity index (χ3v) is 4.74. The maximum Gasteiger partial charge on any atom is 0.136 e. The van der Waals surface area contributed by atoms with E-state index in [0.717, 1.165) is 12.0 Å². The molecule has 1 saturated heterocycles. The van der Waals surface area contributed by atoms with Crippen LogP contribution in [0.2, 0.25) is 0 Å². The van der Waals surface area contributed by atoms with E-state index in [2.05, 4.69) is 38.1 Å². The number of hydrogen-bond acceptors (Lipinski definition) is 3. The molecule has 0 spiro atoms. The highest BCUT2D eigenvalue weighted by Gasteiger charge is 2.48. The predicted molar refractivity (Wildman–Crippen MR) is 78.5 cm³/mol. The molecule has 1 unspecified atom stereocenters. The SMILES string of the molecule is C[C@H]1C=C[C@H]2CON(Cc3ccccc3)C(O)[C@@]2(C)C1. The van der Waals surface area contributed by atoms with E-state index in [1.807, 2.05) is 18.2 Å². The van der Waals surface area contributed by atoms with Gasteiger partial charge in [0.05, 0.1) is 13.2 Å². The number of rotatable bonds is 2. The first-order valence-corrected chi connectivity index (χ1v) is 7.39. The van der Waals surface area contributed by atoms with E-state index in [-0.39, 0.29) is 5.41 Å². The van der Waals surface area contributed by atoms with Crippen LogP contribution in [0.25, 0.3) is 0 Å². The fraction of sp³-hybridized carbons (Fsp3) is 0.529. The molecule has 1 aromatic rings. The lowest BCUT2D eigenvalue weighted by atomic mass is 9.66. The molecule has 1 aliphatic heterocycles. The summed E-state index contributed by atoms with van der Waals surface area (Å²) in [5.74, 6) is 0.822. The van der Waals surface area contributed by atoms with Crippen LogP contribution in [-0.4, -0.2) is 23.0 Å². The van der Waals surface area contributed by atoms with Crippen LogP contribution in [0.3, 0.4) is 0 Å². The first kappa shape index (κ1) is 13.8. The summed E-state index contributed by atoms with van der Waals surface area (Å²) in [5.41, 5.74) is 1.04.